The van der Waals surface area contributed by atoms with E-state index in [0.29, 0.717) is 0 Å². The quantitative estimate of drug-likeness (QED) is 0.749. The van der Waals surface area contributed by atoms with E-state index >= 15 is 0 Å². The molecule has 2 aromatic heterocycles. The lowest BCUT2D eigenvalue weighted by Crippen LogP contribution is -1.96. The molecule has 3 rings (SSSR count). The van der Waals surface area contributed by atoms with Gasteiger partial charge >= 0.3 is 0 Å². The first-order valence-electron chi connectivity index (χ1n) is 6.52. The molecular formula is C15H17N3S. The highest BCUT2D eigenvalue weighted by atomic mass is 32.1. The molecule has 0 aliphatic rings. The molecule has 1 aromatic carbocycles. The summed E-state index contributed by atoms with van der Waals surface area (Å²) in [6.45, 7) is 5.05. The molecule has 98 valence electrons. The highest BCUT2D eigenvalue weighted by Crippen LogP contribution is 2.20. The lowest BCUT2D eigenvalue weighted by atomic mass is 10.2. The summed E-state index contributed by atoms with van der Waals surface area (Å²) < 4.78 is 0. The number of nitrogens with zero attached hydrogens (tertiary/aromatic N) is 1. The number of benzene rings is 1. The largest absolute Gasteiger partial charge is 0.380 e. The Balaban J connectivity index is 1.73. The molecule has 19 heavy (non-hydrogen) atoms. The van der Waals surface area contributed by atoms with Crippen molar-refractivity contribution in [3.63, 3.8) is 0 Å². The molecule has 0 amide bonds. The SMILES string of the molecule is CCc1ccc(CNc2ccc3nc(C)[nH]c3c2)s1. The molecule has 0 aliphatic carbocycles. The van der Waals surface area contributed by atoms with Crippen molar-refractivity contribution in [2.75, 3.05) is 5.32 Å². The van der Waals surface area contributed by atoms with E-state index in [4.69, 9.17) is 0 Å². The zero-order valence-corrected chi connectivity index (χ0v) is 12.0. The second kappa shape index (κ2) is 5.05. The highest BCUT2D eigenvalue weighted by Gasteiger charge is 2.02. The maximum Gasteiger partial charge on any atom is 0.104 e. The van der Waals surface area contributed by atoms with Crippen LogP contribution in [0.25, 0.3) is 11.0 Å². The maximum atomic E-state index is 4.41. The number of hydrogen-bond acceptors (Lipinski definition) is 3. The van der Waals surface area contributed by atoms with Crippen LogP contribution in [0, 0.1) is 6.92 Å². The molecule has 2 heterocycles. The lowest BCUT2D eigenvalue weighted by Gasteiger charge is -2.04. The number of H-pyrrole nitrogens is 1. The van der Waals surface area contributed by atoms with Crippen LogP contribution in [0.1, 0.15) is 22.5 Å². The van der Waals surface area contributed by atoms with Crippen LogP contribution in [0.4, 0.5) is 5.69 Å². The monoisotopic (exact) mass is 271 g/mol. The van der Waals surface area contributed by atoms with Gasteiger partial charge in [-0.1, -0.05) is 6.92 Å². The number of rotatable bonds is 4. The van der Waals surface area contributed by atoms with E-state index in [9.17, 15) is 0 Å². The zero-order chi connectivity index (χ0) is 13.2. The Hall–Kier alpha value is -1.81. The van der Waals surface area contributed by atoms with Crippen LogP contribution >= 0.6 is 11.3 Å². The topological polar surface area (TPSA) is 40.7 Å². The standard InChI is InChI=1S/C15H17N3S/c1-3-12-5-6-13(19-12)9-16-11-4-7-14-15(8-11)18-10(2)17-14/h4-8,16H,3,9H2,1-2H3,(H,17,18). The third kappa shape index (κ3) is 2.63. The first kappa shape index (κ1) is 12.2. The van der Waals surface area contributed by atoms with Crippen LogP contribution in [0.2, 0.25) is 0 Å². The van der Waals surface area contributed by atoms with Crippen molar-refractivity contribution in [3.8, 4) is 0 Å². The molecule has 0 spiro atoms. The van der Waals surface area contributed by atoms with Gasteiger partial charge in [0.15, 0.2) is 0 Å². The van der Waals surface area contributed by atoms with Crippen LogP contribution in [0.3, 0.4) is 0 Å². The van der Waals surface area contributed by atoms with Gasteiger partial charge in [0.25, 0.3) is 0 Å². The number of aromatic nitrogens is 2. The Kier molecular flexibility index (Phi) is 3.25. The first-order chi connectivity index (χ1) is 9.24. The molecule has 2 N–H and O–H groups in total. The predicted molar refractivity (Wildman–Crippen MR) is 81.9 cm³/mol. The van der Waals surface area contributed by atoms with E-state index in [-0.39, 0.29) is 0 Å². The van der Waals surface area contributed by atoms with Crippen molar-refractivity contribution in [2.45, 2.75) is 26.8 Å². The third-order valence-electron chi connectivity index (χ3n) is 3.13. The highest BCUT2D eigenvalue weighted by molar-refractivity contribution is 7.12. The van der Waals surface area contributed by atoms with Crippen molar-refractivity contribution in [1.29, 1.82) is 0 Å². The number of hydrogen-bond donors (Lipinski definition) is 2. The summed E-state index contributed by atoms with van der Waals surface area (Å²) >= 11 is 1.88. The van der Waals surface area contributed by atoms with Gasteiger partial charge in [-0.25, -0.2) is 4.98 Å². The second-order valence-corrected chi connectivity index (χ2v) is 5.88. The van der Waals surface area contributed by atoms with Gasteiger partial charge in [-0.15, -0.1) is 11.3 Å². The van der Waals surface area contributed by atoms with Gasteiger partial charge < -0.3 is 10.3 Å². The minimum Gasteiger partial charge on any atom is -0.380 e. The average Bonchev–Trinajstić information content (AvgIpc) is 3.00. The molecule has 0 saturated carbocycles. The van der Waals surface area contributed by atoms with Crippen molar-refractivity contribution in [2.24, 2.45) is 0 Å². The Labute approximate surface area is 116 Å². The number of thiophene rings is 1. The van der Waals surface area contributed by atoms with E-state index in [0.717, 1.165) is 35.5 Å². The normalized spacial score (nSPS) is 11.1. The van der Waals surface area contributed by atoms with Gasteiger partial charge in [0.1, 0.15) is 5.82 Å². The van der Waals surface area contributed by atoms with Gasteiger partial charge in [-0.3, -0.25) is 0 Å². The molecular weight excluding hydrogens is 254 g/mol. The Morgan fingerprint density at radius 2 is 2.05 bits per heavy atom. The zero-order valence-electron chi connectivity index (χ0n) is 11.2. The molecule has 0 saturated heterocycles. The van der Waals surface area contributed by atoms with E-state index in [1.54, 1.807) is 0 Å². The van der Waals surface area contributed by atoms with Gasteiger partial charge in [0.2, 0.25) is 0 Å². The van der Waals surface area contributed by atoms with E-state index in [1.807, 2.05) is 24.3 Å². The molecule has 0 bridgehead atoms. The average molecular weight is 271 g/mol. The second-order valence-electron chi connectivity index (χ2n) is 4.63. The molecule has 0 radical (unpaired) electrons. The smallest absolute Gasteiger partial charge is 0.104 e. The third-order valence-corrected chi connectivity index (χ3v) is 4.36. The number of aryl methyl sites for hydroxylation is 2. The Morgan fingerprint density at radius 1 is 1.21 bits per heavy atom. The molecule has 3 aromatic rings. The first-order valence-corrected chi connectivity index (χ1v) is 7.34. The van der Waals surface area contributed by atoms with Crippen LogP contribution in [-0.4, -0.2) is 9.97 Å². The molecule has 0 unspecified atom stereocenters. The van der Waals surface area contributed by atoms with Crippen LogP contribution in [0.15, 0.2) is 30.3 Å². The van der Waals surface area contributed by atoms with Gasteiger partial charge in [0.05, 0.1) is 11.0 Å². The molecule has 4 heteroatoms. The summed E-state index contributed by atoms with van der Waals surface area (Å²) in [5, 5.41) is 3.46. The van der Waals surface area contributed by atoms with E-state index in [1.165, 1.54) is 9.75 Å². The van der Waals surface area contributed by atoms with E-state index < -0.39 is 0 Å². The van der Waals surface area contributed by atoms with Crippen LogP contribution in [-0.2, 0) is 13.0 Å². The summed E-state index contributed by atoms with van der Waals surface area (Å²) in [5.74, 6) is 0.956. The summed E-state index contributed by atoms with van der Waals surface area (Å²) in [7, 11) is 0. The van der Waals surface area contributed by atoms with Crippen LogP contribution in [0.5, 0.6) is 0 Å². The molecule has 0 fully saturated rings. The Bertz CT molecular complexity index is 696. The maximum absolute atomic E-state index is 4.41. The number of anilines is 1. The minimum atomic E-state index is 0.878. The molecule has 3 nitrogen and oxygen atoms in total. The number of fused-ring (bicyclic) bond motifs is 1. The van der Waals surface area contributed by atoms with Gasteiger partial charge in [-0.05, 0) is 43.7 Å². The van der Waals surface area contributed by atoms with Crippen molar-refractivity contribution in [1.82, 2.24) is 9.97 Å². The Morgan fingerprint density at radius 3 is 2.84 bits per heavy atom. The fraction of sp³-hybridized carbons (Fsp3) is 0.267. The summed E-state index contributed by atoms with van der Waals surface area (Å²) in [4.78, 5) is 10.5. The summed E-state index contributed by atoms with van der Waals surface area (Å²) in [6, 6.07) is 10.7. The van der Waals surface area contributed by atoms with E-state index in [2.05, 4.69) is 46.5 Å². The fourth-order valence-corrected chi connectivity index (χ4v) is 3.04. The number of nitrogens with one attached hydrogen (secondary N) is 2. The molecule has 0 atom stereocenters. The van der Waals surface area contributed by atoms with Gasteiger partial charge in [-0.2, -0.15) is 0 Å². The molecule has 0 aliphatic heterocycles. The lowest BCUT2D eigenvalue weighted by molar-refractivity contribution is 1.17. The van der Waals surface area contributed by atoms with Crippen molar-refractivity contribution >= 4 is 28.1 Å². The minimum absolute atomic E-state index is 0.878. The van der Waals surface area contributed by atoms with Crippen LogP contribution < -0.4 is 5.32 Å². The number of imidazole rings is 1. The van der Waals surface area contributed by atoms with Crippen molar-refractivity contribution in [3.05, 3.63) is 45.9 Å². The summed E-state index contributed by atoms with van der Waals surface area (Å²) in [5.41, 5.74) is 3.23. The predicted octanol–water partition coefficient (Wildman–Crippen LogP) is 4.11. The fourth-order valence-electron chi connectivity index (χ4n) is 2.14. The summed E-state index contributed by atoms with van der Waals surface area (Å²) in [6.07, 6.45) is 1.12. The van der Waals surface area contributed by atoms with Crippen molar-refractivity contribution < 1.29 is 0 Å². The number of aromatic amines is 1. The van der Waals surface area contributed by atoms with Gasteiger partial charge in [0, 0.05) is 22.0 Å².